The van der Waals surface area contributed by atoms with Gasteiger partial charge in [0, 0.05) is 56.3 Å². The molecule has 0 saturated carbocycles. The Hall–Kier alpha value is -0.490. The van der Waals surface area contributed by atoms with Crippen LogP contribution < -0.4 is 5.73 Å². The van der Waals surface area contributed by atoms with Gasteiger partial charge in [-0.2, -0.15) is 0 Å². The van der Waals surface area contributed by atoms with Gasteiger partial charge in [0.05, 0.1) is 5.01 Å². The van der Waals surface area contributed by atoms with Crippen LogP contribution in [0.2, 0.25) is 0 Å². The smallest absolute Gasteiger partial charge is 0.0940 e. The van der Waals surface area contributed by atoms with Crippen LogP contribution in [-0.4, -0.2) is 60.6 Å². The SMILES string of the molecule is CC(N)Cc1cnc(CCN2CCN(C)CC2)s1. The van der Waals surface area contributed by atoms with Gasteiger partial charge in [0.1, 0.15) is 0 Å². The van der Waals surface area contributed by atoms with Crippen LogP contribution in [0, 0.1) is 0 Å². The second kappa shape index (κ2) is 6.61. The molecule has 102 valence electrons. The van der Waals surface area contributed by atoms with Crippen LogP contribution >= 0.6 is 11.3 Å². The first kappa shape index (κ1) is 13.9. The lowest BCUT2D eigenvalue weighted by atomic mass is 10.2. The van der Waals surface area contributed by atoms with Crippen LogP contribution in [0.25, 0.3) is 0 Å². The standard InChI is InChI=1S/C13H24N4S/c1-11(14)9-12-10-15-13(18-12)3-4-17-7-5-16(2)6-8-17/h10-11H,3-9,14H2,1-2H3. The van der Waals surface area contributed by atoms with E-state index in [0.717, 1.165) is 19.4 Å². The average molecular weight is 268 g/mol. The van der Waals surface area contributed by atoms with Gasteiger partial charge in [-0.3, -0.25) is 0 Å². The predicted molar refractivity (Wildman–Crippen MR) is 77.1 cm³/mol. The Labute approximate surface area is 114 Å². The Balaban J connectivity index is 1.74. The first-order valence-electron chi connectivity index (χ1n) is 6.73. The summed E-state index contributed by atoms with van der Waals surface area (Å²) in [6, 6.07) is 0.232. The highest BCUT2D eigenvalue weighted by atomic mass is 32.1. The molecule has 1 fully saturated rings. The molecule has 0 spiro atoms. The topological polar surface area (TPSA) is 45.4 Å². The van der Waals surface area contributed by atoms with E-state index in [9.17, 15) is 0 Å². The molecule has 4 nitrogen and oxygen atoms in total. The van der Waals surface area contributed by atoms with Gasteiger partial charge in [-0.25, -0.2) is 4.98 Å². The molecule has 0 radical (unpaired) electrons. The van der Waals surface area contributed by atoms with Crippen molar-refractivity contribution in [1.29, 1.82) is 0 Å². The van der Waals surface area contributed by atoms with E-state index in [-0.39, 0.29) is 6.04 Å². The first-order valence-corrected chi connectivity index (χ1v) is 7.55. The van der Waals surface area contributed by atoms with Crippen LogP contribution in [0.5, 0.6) is 0 Å². The Morgan fingerprint density at radius 2 is 2.11 bits per heavy atom. The molecule has 1 atom stereocenters. The fourth-order valence-corrected chi connectivity index (χ4v) is 3.25. The summed E-state index contributed by atoms with van der Waals surface area (Å²) < 4.78 is 0. The third kappa shape index (κ3) is 4.31. The highest BCUT2D eigenvalue weighted by Gasteiger charge is 2.14. The summed E-state index contributed by atoms with van der Waals surface area (Å²) in [5.74, 6) is 0. The number of nitrogens with two attached hydrogens (primary N) is 1. The highest BCUT2D eigenvalue weighted by Crippen LogP contribution is 2.15. The van der Waals surface area contributed by atoms with E-state index in [1.807, 2.05) is 24.5 Å². The van der Waals surface area contributed by atoms with E-state index in [2.05, 4.69) is 21.8 Å². The van der Waals surface area contributed by atoms with Crippen molar-refractivity contribution in [2.75, 3.05) is 39.8 Å². The normalized spacial score (nSPS) is 20.2. The molecule has 1 saturated heterocycles. The molecule has 0 aliphatic carbocycles. The van der Waals surface area contributed by atoms with Crippen molar-refractivity contribution >= 4 is 11.3 Å². The Morgan fingerprint density at radius 3 is 2.78 bits per heavy atom. The van der Waals surface area contributed by atoms with Gasteiger partial charge < -0.3 is 15.5 Å². The minimum Gasteiger partial charge on any atom is -0.328 e. The lowest BCUT2D eigenvalue weighted by Gasteiger charge is -2.32. The Kier molecular flexibility index (Phi) is 5.12. The summed E-state index contributed by atoms with van der Waals surface area (Å²) in [7, 11) is 2.19. The van der Waals surface area contributed by atoms with Crippen LogP contribution in [0.1, 0.15) is 16.8 Å². The number of thiazole rings is 1. The fraction of sp³-hybridized carbons (Fsp3) is 0.769. The number of nitrogens with zero attached hydrogens (tertiary/aromatic N) is 3. The number of aromatic nitrogens is 1. The van der Waals surface area contributed by atoms with Gasteiger partial charge >= 0.3 is 0 Å². The molecular formula is C13H24N4S. The molecule has 2 heterocycles. The summed E-state index contributed by atoms with van der Waals surface area (Å²) in [5.41, 5.74) is 5.80. The van der Waals surface area contributed by atoms with Gasteiger partial charge in [0.25, 0.3) is 0 Å². The number of hydrogen-bond donors (Lipinski definition) is 1. The van der Waals surface area contributed by atoms with Crippen molar-refractivity contribution in [2.24, 2.45) is 5.73 Å². The fourth-order valence-electron chi connectivity index (χ4n) is 2.20. The Bertz CT molecular complexity index is 356. The number of rotatable bonds is 5. The molecule has 2 rings (SSSR count). The molecule has 1 aliphatic heterocycles. The maximum atomic E-state index is 5.80. The van der Waals surface area contributed by atoms with Gasteiger partial charge in [-0.15, -0.1) is 11.3 Å². The first-order chi connectivity index (χ1) is 8.63. The lowest BCUT2D eigenvalue weighted by molar-refractivity contribution is 0.155. The van der Waals surface area contributed by atoms with Crippen molar-refractivity contribution in [3.8, 4) is 0 Å². The quantitative estimate of drug-likeness (QED) is 0.859. The molecule has 0 bridgehead atoms. The zero-order chi connectivity index (χ0) is 13.0. The maximum absolute atomic E-state index is 5.80. The summed E-state index contributed by atoms with van der Waals surface area (Å²) in [4.78, 5) is 10.7. The van der Waals surface area contributed by atoms with Gasteiger partial charge in [0.15, 0.2) is 0 Å². The van der Waals surface area contributed by atoms with Gasteiger partial charge in [0.2, 0.25) is 0 Å². The minimum absolute atomic E-state index is 0.232. The second-order valence-corrected chi connectivity index (χ2v) is 6.50. The van der Waals surface area contributed by atoms with E-state index >= 15 is 0 Å². The average Bonchev–Trinajstić information content (AvgIpc) is 2.75. The summed E-state index contributed by atoms with van der Waals surface area (Å²) in [6.07, 6.45) is 4.02. The number of hydrogen-bond acceptors (Lipinski definition) is 5. The van der Waals surface area contributed by atoms with Crippen LogP contribution in [0.15, 0.2) is 6.20 Å². The van der Waals surface area contributed by atoms with Crippen molar-refractivity contribution in [1.82, 2.24) is 14.8 Å². The number of likely N-dealkylation sites (N-methyl/N-ethyl adjacent to an activating group) is 1. The van der Waals surface area contributed by atoms with Gasteiger partial charge in [-0.1, -0.05) is 0 Å². The third-order valence-electron chi connectivity index (χ3n) is 3.36. The molecule has 1 unspecified atom stereocenters. The Morgan fingerprint density at radius 1 is 1.39 bits per heavy atom. The van der Waals surface area contributed by atoms with Crippen LogP contribution in [0.4, 0.5) is 0 Å². The molecule has 0 aromatic carbocycles. The zero-order valence-electron chi connectivity index (χ0n) is 11.4. The van der Waals surface area contributed by atoms with Gasteiger partial charge in [-0.05, 0) is 20.4 Å². The molecule has 1 aromatic heterocycles. The monoisotopic (exact) mass is 268 g/mol. The van der Waals surface area contributed by atoms with Crippen molar-refractivity contribution in [3.63, 3.8) is 0 Å². The van der Waals surface area contributed by atoms with Crippen LogP contribution in [-0.2, 0) is 12.8 Å². The number of piperazine rings is 1. The molecule has 5 heteroatoms. The molecule has 0 amide bonds. The van der Waals surface area contributed by atoms with E-state index < -0.39 is 0 Å². The molecule has 18 heavy (non-hydrogen) atoms. The van der Waals surface area contributed by atoms with E-state index in [1.165, 1.54) is 36.1 Å². The summed E-state index contributed by atoms with van der Waals surface area (Å²) >= 11 is 1.82. The maximum Gasteiger partial charge on any atom is 0.0940 e. The van der Waals surface area contributed by atoms with Crippen molar-refractivity contribution < 1.29 is 0 Å². The molecule has 2 N–H and O–H groups in total. The largest absolute Gasteiger partial charge is 0.328 e. The molecule has 1 aliphatic rings. The van der Waals surface area contributed by atoms with E-state index in [1.54, 1.807) is 0 Å². The van der Waals surface area contributed by atoms with Crippen molar-refractivity contribution in [2.45, 2.75) is 25.8 Å². The predicted octanol–water partition coefficient (Wildman–Crippen LogP) is 0.823. The highest BCUT2D eigenvalue weighted by molar-refractivity contribution is 7.11. The summed E-state index contributed by atoms with van der Waals surface area (Å²) in [6.45, 7) is 7.94. The van der Waals surface area contributed by atoms with Crippen molar-refractivity contribution in [3.05, 3.63) is 16.1 Å². The van der Waals surface area contributed by atoms with E-state index in [0.29, 0.717) is 0 Å². The lowest BCUT2D eigenvalue weighted by Crippen LogP contribution is -2.45. The van der Waals surface area contributed by atoms with Crippen LogP contribution in [0.3, 0.4) is 0 Å². The second-order valence-electron chi connectivity index (χ2n) is 5.30. The summed E-state index contributed by atoms with van der Waals surface area (Å²) in [5, 5.41) is 1.25. The third-order valence-corrected chi connectivity index (χ3v) is 4.44. The zero-order valence-corrected chi connectivity index (χ0v) is 12.2. The molecule has 1 aromatic rings. The van der Waals surface area contributed by atoms with E-state index in [4.69, 9.17) is 5.73 Å². The molecular weight excluding hydrogens is 244 g/mol. The minimum atomic E-state index is 0.232.